The molecule has 2 aromatic rings. The van der Waals surface area contributed by atoms with Crippen molar-refractivity contribution in [3.8, 4) is 0 Å². The summed E-state index contributed by atoms with van der Waals surface area (Å²) in [6.07, 6.45) is 0. The first-order chi connectivity index (χ1) is 7.16. The Kier molecular flexibility index (Phi) is 2.70. The first kappa shape index (κ1) is 10.1. The Labute approximate surface area is 97.2 Å². The molecule has 1 heterocycles. The lowest BCUT2D eigenvalue weighted by molar-refractivity contribution is 1.41. The number of hydrogen-bond acceptors (Lipinski definition) is 2. The van der Waals surface area contributed by atoms with E-state index in [1.54, 1.807) is 6.07 Å². The Balaban J connectivity index is 2.63. The smallest absolute Gasteiger partial charge is 0.168 e. The minimum atomic E-state index is 0.212. The maximum atomic E-state index is 5.82. The SMILES string of the molecule is NC(=S)Nc1cccc2ccc(Cl)nc12. The maximum Gasteiger partial charge on any atom is 0.168 e. The van der Waals surface area contributed by atoms with E-state index in [1.165, 1.54) is 0 Å². The van der Waals surface area contributed by atoms with Gasteiger partial charge in [-0.05, 0) is 30.4 Å². The van der Waals surface area contributed by atoms with Crippen LogP contribution in [-0.2, 0) is 0 Å². The fourth-order valence-corrected chi connectivity index (χ4v) is 1.61. The van der Waals surface area contributed by atoms with Crippen LogP contribution in [0.2, 0.25) is 5.15 Å². The molecule has 1 aromatic heterocycles. The number of hydrogen-bond donors (Lipinski definition) is 2. The van der Waals surface area contributed by atoms with Crippen LogP contribution in [0.15, 0.2) is 30.3 Å². The molecule has 0 saturated heterocycles. The van der Waals surface area contributed by atoms with Crippen LogP contribution in [-0.4, -0.2) is 10.1 Å². The van der Waals surface area contributed by atoms with Gasteiger partial charge in [0, 0.05) is 5.39 Å². The van der Waals surface area contributed by atoms with E-state index in [4.69, 9.17) is 29.6 Å². The molecular weight excluding hydrogens is 230 g/mol. The zero-order valence-electron chi connectivity index (χ0n) is 7.70. The van der Waals surface area contributed by atoms with Gasteiger partial charge in [0.2, 0.25) is 0 Å². The van der Waals surface area contributed by atoms with Crippen molar-refractivity contribution in [1.29, 1.82) is 0 Å². The van der Waals surface area contributed by atoms with Crippen LogP contribution in [0, 0.1) is 0 Å². The molecule has 15 heavy (non-hydrogen) atoms. The number of nitrogens with two attached hydrogens (primary N) is 1. The van der Waals surface area contributed by atoms with Crippen LogP contribution in [0.5, 0.6) is 0 Å². The molecule has 0 aliphatic heterocycles. The van der Waals surface area contributed by atoms with E-state index >= 15 is 0 Å². The lowest BCUT2D eigenvalue weighted by Crippen LogP contribution is -2.19. The molecule has 0 aliphatic rings. The minimum absolute atomic E-state index is 0.212. The molecule has 0 radical (unpaired) electrons. The molecule has 0 amide bonds. The highest BCUT2D eigenvalue weighted by molar-refractivity contribution is 7.80. The van der Waals surface area contributed by atoms with Crippen molar-refractivity contribution in [1.82, 2.24) is 4.98 Å². The Morgan fingerprint density at radius 2 is 2.13 bits per heavy atom. The molecule has 0 fully saturated rings. The van der Waals surface area contributed by atoms with Gasteiger partial charge in [0.25, 0.3) is 0 Å². The van der Waals surface area contributed by atoms with Crippen molar-refractivity contribution < 1.29 is 0 Å². The van der Waals surface area contributed by atoms with Crippen LogP contribution in [0.1, 0.15) is 0 Å². The largest absolute Gasteiger partial charge is 0.376 e. The van der Waals surface area contributed by atoms with Crippen molar-refractivity contribution in [3.63, 3.8) is 0 Å². The molecule has 0 saturated carbocycles. The summed E-state index contributed by atoms with van der Waals surface area (Å²) >= 11 is 10.6. The zero-order chi connectivity index (χ0) is 10.8. The summed E-state index contributed by atoms with van der Waals surface area (Å²) in [4.78, 5) is 4.22. The molecule has 1 aromatic carbocycles. The molecular formula is C10H8ClN3S. The molecule has 5 heteroatoms. The molecule has 76 valence electrons. The highest BCUT2D eigenvalue weighted by Gasteiger charge is 2.03. The van der Waals surface area contributed by atoms with E-state index in [0.29, 0.717) is 5.15 Å². The van der Waals surface area contributed by atoms with Gasteiger partial charge in [-0.25, -0.2) is 4.98 Å². The number of nitrogens with one attached hydrogen (secondary N) is 1. The number of pyridine rings is 1. The third-order valence-corrected chi connectivity index (χ3v) is 2.26. The molecule has 3 nitrogen and oxygen atoms in total. The summed E-state index contributed by atoms with van der Waals surface area (Å²) in [6.45, 7) is 0. The van der Waals surface area contributed by atoms with Crippen LogP contribution in [0.3, 0.4) is 0 Å². The second-order valence-electron chi connectivity index (χ2n) is 3.00. The monoisotopic (exact) mass is 237 g/mol. The van der Waals surface area contributed by atoms with Crippen LogP contribution < -0.4 is 11.1 Å². The van der Waals surface area contributed by atoms with E-state index < -0.39 is 0 Å². The third-order valence-electron chi connectivity index (χ3n) is 1.94. The fourth-order valence-electron chi connectivity index (χ4n) is 1.36. The van der Waals surface area contributed by atoms with Crippen molar-refractivity contribution in [2.45, 2.75) is 0 Å². The summed E-state index contributed by atoms with van der Waals surface area (Å²) in [7, 11) is 0. The Hall–Kier alpha value is -1.39. The number of halogens is 1. The molecule has 3 N–H and O–H groups in total. The van der Waals surface area contributed by atoms with Gasteiger partial charge < -0.3 is 11.1 Å². The summed E-state index contributed by atoms with van der Waals surface area (Å²) in [5, 5.41) is 4.51. The van der Waals surface area contributed by atoms with Crippen molar-refractivity contribution >= 4 is 45.5 Å². The minimum Gasteiger partial charge on any atom is -0.376 e. The Morgan fingerprint density at radius 1 is 1.33 bits per heavy atom. The first-order valence-corrected chi connectivity index (χ1v) is 5.07. The van der Waals surface area contributed by atoms with Gasteiger partial charge >= 0.3 is 0 Å². The van der Waals surface area contributed by atoms with Gasteiger partial charge in [0.05, 0.1) is 11.2 Å². The average molecular weight is 238 g/mol. The van der Waals surface area contributed by atoms with E-state index in [0.717, 1.165) is 16.6 Å². The quantitative estimate of drug-likeness (QED) is 0.591. The first-order valence-electron chi connectivity index (χ1n) is 4.28. The Bertz CT molecular complexity index is 527. The molecule has 0 atom stereocenters. The summed E-state index contributed by atoms with van der Waals surface area (Å²) in [5.41, 5.74) is 6.94. The van der Waals surface area contributed by atoms with Crippen molar-refractivity contribution in [2.75, 3.05) is 5.32 Å². The van der Waals surface area contributed by atoms with Crippen LogP contribution in [0.4, 0.5) is 5.69 Å². The molecule has 0 unspecified atom stereocenters. The van der Waals surface area contributed by atoms with Crippen molar-refractivity contribution in [2.24, 2.45) is 5.73 Å². The number of benzene rings is 1. The lowest BCUT2D eigenvalue weighted by atomic mass is 10.2. The van der Waals surface area contributed by atoms with Gasteiger partial charge in [-0.15, -0.1) is 0 Å². The number of nitrogens with zero attached hydrogens (tertiary/aromatic N) is 1. The van der Waals surface area contributed by atoms with Gasteiger partial charge in [-0.2, -0.15) is 0 Å². The van der Waals surface area contributed by atoms with E-state index in [2.05, 4.69) is 10.3 Å². The highest BCUT2D eigenvalue weighted by Crippen LogP contribution is 2.22. The summed E-state index contributed by atoms with van der Waals surface area (Å²) in [6, 6.07) is 9.34. The number of anilines is 1. The molecule has 0 bridgehead atoms. The average Bonchev–Trinajstić information content (AvgIpc) is 2.18. The molecule has 0 spiro atoms. The highest BCUT2D eigenvalue weighted by atomic mass is 35.5. The number of rotatable bonds is 1. The Morgan fingerprint density at radius 3 is 2.87 bits per heavy atom. The summed E-state index contributed by atoms with van der Waals surface area (Å²) < 4.78 is 0. The topological polar surface area (TPSA) is 50.9 Å². The van der Waals surface area contributed by atoms with Crippen LogP contribution >= 0.6 is 23.8 Å². The number of aromatic nitrogens is 1. The standard InChI is InChI=1S/C10H8ClN3S/c11-8-5-4-6-2-1-3-7(9(6)14-8)13-10(12)15/h1-5H,(H3,12,13,15). The second-order valence-corrected chi connectivity index (χ2v) is 3.83. The number of thiocarbonyl (C=S) groups is 1. The maximum absolute atomic E-state index is 5.82. The lowest BCUT2D eigenvalue weighted by Gasteiger charge is -2.06. The van der Waals surface area contributed by atoms with E-state index in [-0.39, 0.29) is 5.11 Å². The van der Waals surface area contributed by atoms with Gasteiger partial charge in [-0.1, -0.05) is 23.7 Å². The van der Waals surface area contributed by atoms with Gasteiger partial charge in [0.1, 0.15) is 5.15 Å². The predicted molar refractivity (Wildman–Crippen MR) is 67.2 cm³/mol. The second kappa shape index (κ2) is 4.00. The van der Waals surface area contributed by atoms with Crippen molar-refractivity contribution in [3.05, 3.63) is 35.5 Å². The van der Waals surface area contributed by atoms with Gasteiger partial charge in [-0.3, -0.25) is 0 Å². The van der Waals surface area contributed by atoms with E-state index in [1.807, 2.05) is 24.3 Å². The number of para-hydroxylation sites is 1. The van der Waals surface area contributed by atoms with Crippen LogP contribution in [0.25, 0.3) is 10.9 Å². The van der Waals surface area contributed by atoms with E-state index in [9.17, 15) is 0 Å². The van der Waals surface area contributed by atoms with Gasteiger partial charge in [0.15, 0.2) is 5.11 Å². The zero-order valence-corrected chi connectivity index (χ0v) is 9.27. The normalized spacial score (nSPS) is 10.2. The number of fused-ring (bicyclic) bond motifs is 1. The fraction of sp³-hybridized carbons (Fsp3) is 0. The molecule has 2 rings (SSSR count). The third kappa shape index (κ3) is 2.16. The molecule has 0 aliphatic carbocycles. The predicted octanol–water partition coefficient (Wildman–Crippen LogP) is 2.54. The summed E-state index contributed by atoms with van der Waals surface area (Å²) in [5.74, 6) is 0.